The van der Waals surface area contributed by atoms with Crippen molar-refractivity contribution < 1.29 is 0 Å². The van der Waals surface area contributed by atoms with E-state index in [0.29, 0.717) is 5.95 Å². The van der Waals surface area contributed by atoms with E-state index in [4.69, 9.17) is 0 Å². The number of rotatable bonds is 4. The normalized spacial score (nSPS) is 11.9. The number of aromatic nitrogens is 6. The Morgan fingerprint density at radius 3 is 1.53 bits per heavy atom. The second-order valence-electron chi connectivity index (χ2n) is 13.0. The Balaban J connectivity index is 1.14. The van der Waals surface area contributed by atoms with Gasteiger partial charge in [0.25, 0.3) is 0 Å². The summed E-state index contributed by atoms with van der Waals surface area (Å²) in [4.78, 5) is 13.0. The Kier molecular flexibility index (Phi) is 5.86. The molecule has 0 aliphatic carbocycles. The number of fused-ring (bicyclic) bond motifs is 9. The van der Waals surface area contributed by atoms with Crippen LogP contribution in [0.4, 0.5) is 0 Å². The third kappa shape index (κ3) is 4.01. The Labute approximate surface area is 292 Å². The summed E-state index contributed by atoms with van der Waals surface area (Å²) < 4.78 is 6.94. The number of benzene rings is 7. The smallest absolute Gasteiger partial charge is 0.237 e. The summed E-state index contributed by atoms with van der Waals surface area (Å²) >= 11 is 0. The lowest BCUT2D eigenvalue weighted by Crippen LogP contribution is -2.00. The predicted molar refractivity (Wildman–Crippen MR) is 208 cm³/mol. The van der Waals surface area contributed by atoms with Crippen molar-refractivity contribution in [3.8, 4) is 28.5 Å². The number of para-hydroxylation sites is 4. The highest BCUT2D eigenvalue weighted by Crippen LogP contribution is 2.41. The Bertz CT molecular complexity index is 3130. The largest absolute Gasteiger partial charge is 0.309 e. The molecule has 0 fully saturated rings. The second kappa shape index (κ2) is 10.7. The van der Waals surface area contributed by atoms with Gasteiger partial charge in [0.05, 0.1) is 38.8 Å². The highest BCUT2D eigenvalue weighted by atomic mass is 15.2. The lowest BCUT2D eigenvalue weighted by Gasteiger charge is -2.12. The molecule has 0 unspecified atom stereocenters. The first-order valence-corrected chi connectivity index (χ1v) is 17.1. The van der Waals surface area contributed by atoms with Crippen molar-refractivity contribution in [3.63, 3.8) is 0 Å². The van der Waals surface area contributed by atoms with E-state index in [2.05, 4.69) is 186 Å². The summed E-state index contributed by atoms with van der Waals surface area (Å²) in [5, 5.41) is 7.25. The highest BCUT2D eigenvalue weighted by Gasteiger charge is 2.20. The van der Waals surface area contributed by atoms with Gasteiger partial charge in [-0.05, 0) is 77.9 Å². The van der Waals surface area contributed by atoms with Gasteiger partial charge in [0.15, 0.2) is 0 Å². The van der Waals surface area contributed by atoms with Gasteiger partial charge in [-0.3, -0.25) is 4.57 Å². The lowest BCUT2D eigenvalue weighted by atomic mass is 10.0. The molecule has 6 nitrogen and oxygen atoms in total. The fourth-order valence-corrected chi connectivity index (χ4v) is 8.17. The van der Waals surface area contributed by atoms with Crippen molar-refractivity contribution in [2.24, 2.45) is 0 Å². The molecule has 4 heterocycles. The molecule has 0 aliphatic heterocycles. The van der Waals surface area contributed by atoms with Crippen molar-refractivity contribution in [2.75, 3.05) is 0 Å². The van der Waals surface area contributed by atoms with Crippen LogP contribution < -0.4 is 0 Å². The van der Waals surface area contributed by atoms with E-state index in [1.165, 1.54) is 54.9 Å². The molecular formula is C45H28N6. The fourth-order valence-electron chi connectivity index (χ4n) is 8.17. The fraction of sp³-hybridized carbons (Fsp3) is 0. The Morgan fingerprint density at radius 1 is 0.353 bits per heavy atom. The summed E-state index contributed by atoms with van der Waals surface area (Å²) in [7, 11) is 0. The quantitative estimate of drug-likeness (QED) is 0.190. The van der Waals surface area contributed by atoms with Gasteiger partial charge >= 0.3 is 0 Å². The first-order valence-electron chi connectivity index (χ1n) is 17.1. The van der Waals surface area contributed by atoms with E-state index < -0.39 is 0 Å². The molecule has 11 aromatic rings. The third-order valence-corrected chi connectivity index (χ3v) is 10.3. The monoisotopic (exact) mass is 652 g/mol. The standard InChI is InChI=1S/C45H28N6/c1-2-11-31(12-3-1)49-39-18-9-6-15-34(39)44-42(49)19-10-20-43(44)50-37-16-7-4-13-32(37)35-25-29(21-23-40(35)50)30-22-24-41-36(26-30)33-14-5-8-17-38(33)51(41)45-47-27-46-28-48-45/h1-28H. The Morgan fingerprint density at radius 2 is 0.863 bits per heavy atom. The van der Waals surface area contributed by atoms with E-state index in [9.17, 15) is 0 Å². The summed E-state index contributed by atoms with van der Waals surface area (Å²) in [6.07, 6.45) is 3.09. The first-order chi connectivity index (χ1) is 25.3. The molecule has 51 heavy (non-hydrogen) atoms. The lowest BCUT2D eigenvalue weighted by molar-refractivity contribution is 0.939. The van der Waals surface area contributed by atoms with E-state index in [1.807, 2.05) is 0 Å². The van der Waals surface area contributed by atoms with E-state index >= 15 is 0 Å². The van der Waals surface area contributed by atoms with Gasteiger partial charge in [-0.25, -0.2) is 15.0 Å². The van der Waals surface area contributed by atoms with Gasteiger partial charge in [0.1, 0.15) is 12.7 Å². The maximum atomic E-state index is 4.48. The van der Waals surface area contributed by atoms with Crippen molar-refractivity contribution in [2.45, 2.75) is 0 Å². The summed E-state index contributed by atoms with van der Waals surface area (Å²) in [5.41, 5.74) is 11.5. The predicted octanol–water partition coefficient (Wildman–Crippen LogP) is 10.8. The van der Waals surface area contributed by atoms with Gasteiger partial charge in [-0.1, -0.05) is 91.0 Å². The van der Waals surface area contributed by atoms with Gasteiger partial charge in [0, 0.05) is 38.0 Å². The molecule has 0 atom stereocenters. The molecule has 238 valence electrons. The molecule has 7 aromatic carbocycles. The van der Waals surface area contributed by atoms with Crippen LogP contribution >= 0.6 is 0 Å². The maximum Gasteiger partial charge on any atom is 0.237 e. The van der Waals surface area contributed by atoms with Gasteiger partial charge in [0.2, 0.25) is 5.95 Å². The molecule has 0 bridgehead atoms. The molecule has 0 amide bonds. The molecule has 4 aromatic heterocycles. The van der Waals surface area contributed by atoms with Gasteiger partial charge in [-0.15, -0.1) is 0 Å². The minimum atomic E-state index is 0.611. The molecule has 0 aliphatic rings. The van der Waals surface area contributed by atoms with Crippen LogP contribution in [0, 0.1) is 0 Å². The zero-order valence-corrected chi connectivity index (χ0v) is 27.3. The van der Waals surface area contributed by atoms with Crippen LogP contribution in [-0.4, -0.2) is 28.7 Å². The topological polar surface area (TPSA) is 53.5 Å². The summed E-state index contributed by atoms with van der Waals surface area (Å²) in [6.45, 7) is 0. The SMILES string of the molecule is c1ccc(-n2c3ccccc3c3c(-n4c5ccccc5c5cc(-c6ccc7c(c6)c6ccccc6n7-c6ncncn6)ccc54)cccc32)cc1. The van der Waals surface area contributed by atoms with Gasteiger partial charge in [-0.2, -0.15) is 0 Å². The second-order valence-corrected chi connectivity index (χ2v) is 13.0. The van der Waals surface area contributed by atoms with Crippen LogP contribution in [0.2, 0.25) is 0 Å². The Hall–Kier alpha value is -7.05. The molecule has 6 heteroatoms. The highest BCUT2D eigenvalue weighted by molar-refractivity contribution is 6.17. The molecular weight excluding hydrogens is 625 g/mol. The summed E-state index contributed by atoms with van der Waals surface area (Å²) in [6, 6.07) is 56.9. The maximum absolute atomic E-state index is 4.48. The summed E-state index contributed by atoms with van der Waals surface area (Å²) in [5.74, 6) is 0.611. The van der Waals surface area contributed by atoms with Crippen LogP contribution in [-0.2, 0) is 0 Å². The van der Waals surface area contributed by atoms with Gasteiger partial charge < -0.3 is 9.13 Å². The van der Waals surface area contributed by atoms with Crippen molar-refractivity contribution >= 4 is 65.4 Å². The molecule has 0 spiro atoms. The number of nitrogens with zero attached hydrogens (tertiary/aromatic N) is 6. The minimum absolute atomic E-state index is 0.611. The van der Waals surface area contributed by atoms with Crippen molar-refractivity contribution in [1.82, 2.24) is 28.7 Å². The van der Waals surface area contributed by atoms with Crippen molar-refractivity contribution in [1.29, 1.82) is 0 Å². The minimum Gasteiger partial charge on any atom is -0.309 e. The molecule has 11 rings (SSSR count). The van der Waals surface area contributed by atoms with E-state index in [1.54, 1.807) is 12.7 Å². The molecule has 0 saturated heterocycles. The molecule has 0 radical (unpaired) electrons. The molecule has 0 saturated carbocycles. The molecule has 0 N–H and O–H groups in total. The number of hydrogen-bond donors (Lipinski definition) is 0. The van der Waals surface area contributed by atoms with E-state index in [0.717, 1.165) is 33.1 Å². The van der Waals surface area contributed by atoms with Crippen LogP contribution in [0.25, 0.3) is 93.9 Å². The average molecular weight is 653 g/mol. The van der Waals surface area contributed by atoms with Crippen LogP contribution in [0.5, 0.6) is 0 Å². The average Bonchev–Trinajstić information content (AvgIpc) is 3.84. The number of hydrogen-bond acceptors (Lipinski definition) is 3. The first kappa shape index (κ1) is 27.9. The zero-order chi connectivity index (χ0) is 33.5. The van der Waals surface area contributed by atoms with Crippen molar-refractivity contribution in [3.05, 3.63) is 170 Å². The third-order valence-electron chi connectivity index (χ3n) is 10.3. The van der Waals surface area contributed by atoms with E-state index in [-0.39, 0.29) is 0 Å². The zero-order valence-electron chi connectivity index (χ0n) is 27.3. The van der Waals surface area contributed by atoms with Crippen LogP contribution in [0.15, 0.2) is 170 Å². The van der Waals surface area contributed by atoms with Crippen LogP contribution in [0.1, 0.15) is 0 Å². The van der Waals surface area contributed by atoms with Crippen LogP contribution in [0.3, 0.4) is 0 Å².